The Morgan fingerprint density at radius 2 is 2.08 bits per heavy atom. The summed E-state index contributed by atoms with van der Waals surface area (Å²) in [6.45, 7) is -0.484. The van der Waals surface area contributed by atoms with Crippen molar-refractivity contribution in [3.8, 4) is 0 Å². The van der Waals surface area contributed by atoms with Crippen LogP contribution < -0.4 is 5.73 Å². The van der Waals surface area contributed by atoms with Crippen LogP contribution in [0, 0.1) is 0 Å². The minimum absolute atomic E-state index is 0.00894. The van der Waals surface area contributed by atoms with E-state index < -0.39 is 48.7 Å². The molecule has 212 valence electrons. The van der Waals surface area contributed by atoms with Crippen molar-refractivity contribution in [2.75, 3.05) is 12.3 Å². The molecule has 0 radical (unpaired) electrons. The summed E-state index contributed by atoms with van der Waals surface area (Å²) in [5.74, 6) is -2.72. The quantitative estimate of drug-likeness (QED) is 0.124. The number of aromatic nitrogens is 8. The van der Waals surface area contributed by atoms with Gasteiger partial charge in [0.2, 0.25) is 16.7 Å². The van der Waals surface area contributed by atoms with E-state index in [1.54, 1.807) is 5.38 Å². The molecule has 1 fully saturated rings. The second-order valence-corrected chi connectivity index (χ2v) is 10.2. The van der Waals surface area contributed by atoms with Gasteiger partial charge in [0, 0.05) is 0 Å². The molecule has 17 nitrogen and oxygen atoms in total. The third kappa shape index (κ3) is 5.07. The highest BCUT2D eigenvalue weighted by Crippen LogP contribution is 2.35. The van der Waals surface area contributed by atoms with Gasteiger partial charge in [0.15, 0.2) is 17.7 Å². The van der Waals surface area contributed by atoms with Crippen LogP contribution in [-0.4, -0.2) is 97.4 Å². The summed E-state index contributed by atoms with van der Waals surface area (Å²) in [7, 11) is 0. The zero-order chi connectivity index (χ0) is 28.6. The van der Waals surface area contributed by atoms with Crippen LogP contribution >= 0.6 is 22.9 Å². The number of halogens is 1. The summed E-state index contributed by atoms with van der Waals surface area (Å²) in [5, 5.41) is 55.6. The standard InChI is InChI=1S/C21H22ClN9O8S/c22-20-25-14(23)11-15(26-20)31(7-24-11)16-13(33)12(32)9(39-16)5-38-21(19(36)37,18-27-29-30-28-18)3-1-2-8-4-10(17(34)35)40-6-8/h4,6-7,9,12-13,16,32-33H,1-3,5H2,(H,34,35)(H,36,37)(H2,23,25,26)(H,27,28,29,30)/t9-,12-,13-,16-,21?/m1/s1. The number of tetrazole rings is 1. The molecular weight excluding hydrogens is 574 g/mol. The fourth-order valence-electron chi connectivity index (χ4n) is 4.42. The fraction of sp³-hybridized carbons (Fsp3) is 0.429. The number of aliphatic carboxylic acids is 1. The van der Waals surface area contributed by atoms with Crippen molar-refractivity contribution in [2.45, 2.75) is 49.4 Å². The Kier molecular flexibility index (Phi) is 7.62. The second-order valence-electron chi connectivity index (χ2n) is 8.90. The maximum atomic E-state index is 12.5. The van der Waals surface area contributed by atoms with Crippen molar-refractivity contribution < 1.29 is 39.5 Å². The molecule has 40 heavy (non-hydrogen) atoms. The van der Waals surface area contributed by atoms with Crippen molar-refractivity contribution in [1.29, 1.82) is 0 Å². The highest BCUT2D eigenvalue weighted by atomic mass is 35.5. The van der Waals surface area contributed by atoms with Gasteiger partial charge in [-0.15, -0.1) is 21.5 Å². The third-order valence-corrected chi connectivity index (χ3v) is 7.57. The number of nitrogens with one attached hydrogen (secondary N) is 1. The Labute approximate surface area is 232 Å². The predicted molar refractivity (Wildman–Crippen MR) is 134 cm³/mol. The van der Waals surface area contributed by atoms with Crippen LogP contribution in [0.1, 0.15) is 40.1 Å². The number of aromatic carboxylic acids is 1. The van der Waals surface area contributed by atoms with E-state index in [1.165, 1.54) is 17.0 Å². The number of carboxylic acid groups (broad SMARTS) is 2. The summed E-state index contributed by atoms with van der Waals surface area (Å²) in [6.07, 6.45) is -3.59. The van der Waals surface area contributed by atoms with Crippen molar-refractivity contribution >= 4 is 51.9 Å². The molecule has 0 bridgehead atoms. The highest BCUT2D eigenvalue weighted by Gasteiger charge is 2.49. The largest absolute Gasteiger partial charge is 0.479 e. The van der Waals surface area contributed by atoms with Gasteiger partial charge in [-0.2, -0.15) is 15.2 Å². The summed E-state index contributed by atoms with van der Waals surface area (Å²) >= 11 is 6.98. The lowest BCUT2D eigenvalue weighted by molar-refractivity contribution is -0.179. The molecular formula is C21H22ClN9O8S. The molecule has 1 aliphatic heterocycles. The summed E-state index contributed by atoms with van der Waals surface area (Å²) in [6, 6.07) is 1.51. The number of carbonyl (C=O) groups is 2. The summed E-state index contributed by atoms with van der Waals surface area (Å²) in [5.41, 5.74) is 4.82. The van der Waals surface area contributed by atoms with E-state index in [9.17, 15) is 24.9 Å². The monoisotopic (exact) mass is 595 g/mol. The molecule has 5 atom stereocenters. The SMILES string of the molecule is Nc1nc(Cl)nc2c1ncn2[C@@H]1O[C@H](COC(CCCc2csc(C(=O)O)c2)(C(=O)O)c2nn[nH]n2)[C@@H](O)[C@H]1O. The van der Waals surface area contributed by atoms with Crippen molar-refractivity contribution in [3.05, 3.63) is 39.3 Å². The van der Waals surface area contributed by atoms with Gasteiger partial charge in [0.1, 0.15) is 28.7 Å². The third-order valence-electron chi connectivity index (χ3n) is 6.44. The minimum atomic E-state index is -2.10. The molecule has 7 N–H and O–H groups in total. The van der Waals surface area contributed by atoms with Crippen LogP contribution in [0.4, 0.5) is 5.82 Å². The number of aromatic amines is 1. The number of nitrogens with zero attached hydrogens (tertiary/aromatic N) is 7. The maximum absolute atomic E-state index is 12.5. The lowest BCUT2D eigenvalue weighted by atomic mass is 9.94. The number of hydrogen-bond donors (Lipinski definition) is 6. The zero-order valence-corrected chi connectivity index (χ0v) is 21.9. The maximum Gasteiger partial charge on any atom is 0.345 e. The van der Waals surface area contributed by atoms with E-state index in [2.05, 4.69) is 35.6 Å². The van der Waals surface area contributed by atoms with Crippen LogP contribution in [0.3, 0.4) is 0 Å². The number of aryl methyl sites for hydroxylation is 1. The number of aliphatic hydroxyl groups is 2. The first kappa shape index (κ1) is 27.7. The number of anilines is 1. The number of carboxylic acids is 2. The van der Waals surface area contributed by atoms with Gasteiger partial charge in [0.25, 0.3) is 0 Å². The normalized spacial score (nSPS) is 22.5. The molecule has 1 aliphatic rings. The molecule has 19 heteroatoms. The van der Waals surface area contributed by atoms with Crippen molar-refractivity contribution in [2.24, 2.45) is 0 Å². The first-order valence-corrected chi connectivity index (χ1v) is 13.0. The van der Waals surface area contributed by atoms with E-state index in [0.717, 1.165) is 11.3 Å². The first-order chi connectivity index (χ1) is 19.1. The van der Waals surface area contributed by atoms with Gasteiger partial charge in [-0.25, -0.2) is 14.6 Å². The number of thiophene rings is 1. The van der Waals surface area contributed by atoms with Crippen LogP contribution in [0.15, 0.2) is 17.8 Å². The number of nitrogens with two attached hydrogens (primary N) is 1. The highest BCUT2D eigenvalue weighted by molar-refractivity contribution is 7.12. The molecule has 0 aliphatic carbocycles. The molecule has 0 amide bonds. The Hall–Kier alpha value is -3.81. The number of imidazole rings is 1. The molecule has 5 rings (SSSR count). The molecule has 4 aromatic heterocycles. The molecule has 1 unspecified atom stereocenters. The van der Waals surface area contributed by atoms with Gasteiger partial charge in [0.05, 0.1) is 12.9 Å². The Balaban J connectivity index is 1.34. The van der Waals surface area contributed by atoms with Crippen molar-refractivity contribution in [3.63, 3.8) is 0 Å². The number of H-pyrrole nitrogens is 1. The average molecular weight is 596 g/mol. The number of fused-ring (bicyclic) bond motifs is 1. The Morgan fingerprint density at radius 1 is 1.27 bits per heavy atom. The Morgan fingerprint density at radius 3 is 2.75 bits per heavy atom. The first-order valence-electron chi connectivity index (χ1n) is 11.7. The van der Waals surface area contributed by atoms with E-state index >= 15 is 0 Å². The molecule has 0 aromatic carbocycles. The lowest BCUT2D eigenvalue weighted by Gasteiger charge is -2.28. The second kappa shape index (κ2) is 11.0. The van der Waals surface area contributed by atoms with Gasteiger partial charge in [-0.1, -0.05) is 5.21 Å². The molecule has 0 spiro atoms. The smallest absolute Gasteiger partial charge is 0.345 e. The van der Waals surface area contributed by atoms with Crippen LogP contribution in [-0.2, 0) is 26.3 Å². The number of hydrogen-bond acceptors (Lipinski definition) is 14. The van der Waals surface area contributed by atoms with E-state index in [1.807, 2.05) is 0 Å². The van der Waals surface area contributed by atoms with Gasteiger partial charge >= 0.3 is 11.9 Å². The molecule has 4 aromatic rings. The molecule has 0 saturated carbocycles. The number of ether oxygens (including phenoxy) is 2. The number of nitrogen functional groups attached to an aromatic ring is 1. The summed E-state index contributed by atoms with van der Waals surface area (Å²) < 4.78 is 13.0. The minimum Gasteiger partial charge on any atom is -0.479 e. The van der Waals surface area contributed by atoms with E-state index in [0.29, 0.717) is 12.0 Å². The van der Waals surface area contributed by atoms with E-state index in [-0.39, 0.29) is 45.8 Å². The van der Waals surface area contributed by atoms with Crippen molar-refractivity contribution in [1.82, 2.24) is 40.1 Å². The van der Waals surface area contributed by atoms with Crippen LogP contribution in [0.5, 0.6) is 0 Å². The predicted octanol–water partition coefficient (Wildman–Crippen LogP) is -0.0265. The summed E-state index contributed by atoms with van der Waals surface area (Å²) in [4.78, 5) is 35.9. The number of rotatable bonds is 11. The van der Waals surface area contributed by atoms with Gasteiger partial charge in [-0.05, 0) is 47.9 Å². The topological polar surface area (TPSA) is 258 Å². The van der Waals surface area contributed by atoms with Gasteiger partial charge in [-0.3, -0.25) is 4.57 Å². The Bertz CT molecular complexity index is 1530. The zero-order valence-electron chi connectivity index (χ0n) is 20.3. The van der Waals surface area contributed by atoms with E-state index in [4.69, 9.17) is 31.9 Å². The number of aliphatic hydroxyl groups excluding tert-OH is 2. The molecule has 1 saturated heterocycles. The fourth-order valence-corrected chi connectivity index (χ4v) is 5.38. The van der Waals surface area contributed by atoms with Crippen LogP contribution in [0.25, 0.3) is 11.2 Å². The van der Waals surface area contributed by atoms with Crippen LogP contribution in [0.2, 0.25) is 5.28 Å². The molecule has 5 heterocycles. The lowest BCUT2D eigenvalue weighted by Crippen LogP contribution is -2.44. The average Bonchev–Trinajstić information content (AvgIpc) is 3.70. The van der Waals surface area contributed by atoms with Gasteiger partial charge < -0.3 is 35.6 Å².